The van der Waals surface area contributed by atoms with E-state index in [1.54, 1.807) is 30.3 Å². The predicted octanol–water partition coefficient (Wildman–Crippen LogP) is 3.69. The topological polar surface area (TPSA) is 38.3 Å². The molecule has 0 unspecified atom stereocenters. The first-order valence-corrected chi connectivity index (χ1v) is 8.86. The maximum Gasteiger partial charge on any atom is 0.251 e. The van der Waals surface area contributed by atoms with Crippen molar-refractivity contribution in [1.82, 2.24) is 5.32 Å². The smallest absolute Gasteiger partial charge is 0.251 e. The zero-order valence-corrected chi connectivity index (χ0v) is 14.8. The fourth-order valence-electron chi connectivity index (χ4n) is 2.86. The van der Waals surface area contributed by atoms with E-state index < -0.39 is 0 Å². The summed E-state index contributed by atoms with van der Waals surface area (Å²) in [4.78, 5) is 12.2. The van der Waals surface area contributed by atoms with Crippen LogP contribution in [0.15, 0.2) is 42.5 Å². The van der Waals surface area contributed by atoms with Crippen molar-refractivity contribution in [2.45, 2.75) is 19.8 Å². The lowest BCUT2D eigenvalue weighted by Crippen LogP contribution is -2.32. The molecule has 2 aromatic rings. The second kappa shape index (κ2) is 8.64. The van der Waals surface area contributed by atoms with Crippen LogP contribution in [0.5, 0.6) is 0 Å². The summed E-state index contributed by atoms with van der Waals surface area (Å²) in [5.74, 6) is 5.86. The van der Waals surface area contributed by atoms with E-state index in [1.807, 2.05) is 13.0 Å². The van der Waals surface area contributed by atoms with E-state index in [0.717, 1.165) is 37.2 Å². The average molecular weight is 351 g/mol. The van der Waals surface area contributed by atoms with E-state index in [0.29, 0.717) is 23.6 Å². The van der Waals surface area contributed by atoms with Gasteiger partial charge in [-0.1, -0.05) is 17.9 Å². The second-order valence-corrected chi connectivity index (χ2v) is 6.58. The minimum absolute atomic E-state index is 0.0828. The molecule has 0 bridgehead atoms. The third-order valence-corrected chi connectivity index (χ3v) is 4.51. The second-order valence-electron chi connectivity index (χ2n) is 6.58. The third-order valence-electron chi connectivity index (χ3n) is 4.51. The maximum atomic E-state index is 13.8. The van der Waals surface area contributed by atoms with Gasteiger partial charge in [-0.3, -0.25) is 4.79 Å². The number of nitrogens with one attached hydrogen (secondary N) is 1. The average Bonchev–Trinajstić information content (AvgIpc) is 2.67. The summed E-state index contributed by atoms with van der Waals surface area (Å²) in [7, 11) is 0. The fraction of sp³-hybridized carbons (Fsp3) is 0.318. The monoisotopic (exact) mass is 351 g/mol. The highest BCUT2D eigenvalue weighted by Gasteiger charge is 2.15. The summed E-state index contributed by atoms with van der Waals surface area (Å²) < 4.78 is 19.1. The molecule has 1 aliphatic heterocycles. The lowest BCUT2D eigenvalue weighted by molar-refractivity contribution is 0.0642. The van der Waals surface area contributed by atoms with Gasteiger partial charge in [0.25, 0.3) is 5.91 Å². The number of halogens is 1. The van der Waals surface area contributed by atoms with E-state index in [2.05, 4.69) is 17.2 Å². The number of hydrogen-bond donors (Lipinski definition) is 1. The molecule has 0 aliphatic carbocycles. The summed E-state index contributed by atoms with van der Waals surface area (Å²) >= 11 is 0. The van der Waals surface area contributed by atoms with Crippen LogP contribution < -0.4 is 5.32 Å². The molecule has 0 atom stereocenters. The Morgan fingerprint density at radius 3 is 2.58 bits per heavy atom. The highest BCUT2D eigenvalue weighted by molar-refractivity contribution is 5.94. The van der Waals surface area contributed by atoms with Crippen LogP contribution in [0.25, 0.3) is 0 Å². The molecule has 26 heavy (non-hydrogen) atoms. The van der Waals surface area contributed by atoms with E-state index in [9.17, 15) is 9.18 Å². The molecule has 1 aliphatic rings. The first kappa shape index (κ1) is 18.2. The molecular formula is C22H22FNO2. The van der Waals surface area contributed by atoms with Gasteiger partial charge in [0.15, 0.2) is 0 Å². The minimum Gasteiger partial charge on any atom is -0.381 e. The Kier molecular flexibility index (Phi) is 6.04. The van der Waals surface area contributed by atoms with E-state index in [4.69, 9.17) is 4.74 Å². The number of hydrogen-bond acceptors (Lipinski definition) is 2. The van der Waals surface area contributed by atoms with Gasteiger partial charge in [-0.15, -0.1) is 0 Å². The van der Waals surface area contributed by atoms with Gasteiger partial charge in [0.2, 0.25) is 0 Å². The molecule has 4 heteroatoms. The van der Waals surface area contributed by atoms with E-state index in [1.165, 1.54) is 6.07 Å². The minimum atomic E-state index is -0.318. The van der Waals surface area contributed by atoms with Crippen molar-refractivity contribution >= 4 is 5.91 Å². The summed E-state index contributed by atoms with van der Waals surface area (Å²) in [5.41, 5.74) is 2.58. The highest BCUT2D eigenvalue weighted by atomic mass is 19.1. The largest absolute Gasteiger partial charge is 0.381 e. The number of ether oxygens (including phenoxy) is 1. The Morgan fingerprint density at radius 2 is 1.88 bits per heavy atom. The molecule has 0 aromatic heterocycles. The van der Waals surface area contributed by atoms with Crippen LogP contribution in [0.1, 0.15) is 39.9 Å². The number of rotatable bonds is 3. The lowest BCUT2D eigenvalue weighted by atomic mass is 10.0. The summed E-state index contributed by atoms with van der Waals surface area (Å²) in [5, 5.41) is 2.98. The van der Waals surface area contributed by atoms with Crippen molar-refractivity contribution in [3.63, 3.8) is 0 Å². The first-order chi connectivity index (χ1) is 12.6. The standard InChI is InChI=1S/C22H22FNO2/c1-16-2-6-19(21(23)14-16)7-3-17-4-8-20(9-5-17)22(25)24-15-18-10-12-26-13-11-18/h2,4-6,8-9,14,18H,10-13,15H2,1H3,(H,24,25). The molecule has 3 nitrogen and oxygen atoms in total. The maximum absolute atomic E-state index is 13.8. The van der Waals surface area contributed by atoms with Crippen molar-refractivity contribution < 1.29 is 13.9 Å². The molecule has 1 saturated heterocycles. The van der Waals surface area contributed by atoms with Gasteiger partial charge in [0.05, 0.1) is 5.56 Å². The Morgan fingerprint density at radius 1 is 1.15 bits per heavy atom. The van der Waals surface area contributed by atoms with E-state index in [-0.39, 0.29) is 11.7 Å². The zero-order chi connectivity index (χ0) is 18.4. The summed E-state index contributed by atoms with van der Waals surface area (Å²) in [6.45, 7) is 4.06. The van der Waals surface area contributed by atoms with Crippen molar-refractivity contribution in [3.8, 4) is 11.8 Å². The van der Waals surface area contributed by atoms with Gasteiger partial charge in [0, 0.05) is 30.9 Å². The molecule has 1 heterocycles. The molecule has 134 valence electrons. The normalized spacial score (nSPS) is 14.4. The van der Waals surface area contributed by atoms with Crippen LogP contribution in [0.3, 0.4) is 0 Å². The van der Waals surface area contributed by atoms with Gasteiger partial charge in [-0.2, -0.15) is 0 Å². The zero-order valence-electron chi connectivity index (χ0n) is 14.8. The number of carbonyl (C=O) groups is 1. The molecule has 0 saturated carbocycles. The van der Waals surface area contributed by atoms with E-state index >= 15 is 0 Å². The van der Waals surface area contributed by atoms with Crippen molar-refractivity contribution in [2.75, 3.05) is 19.8 Å². The predicted molar refractivity (Wildman–Crippen MR) is 99.4 cm³/mol. The molecule has 1 N–H and O–H groups in total. The SMILES string of the molecule is Cc1ccc(C#Cc2ccc(C(=O)NCC3CCOCC3)cc2)c(F)c1. The van der Waals surface area contributed by atoms with Crippen molar-refractivity contribution in [1.29, 1.82) is 0 Å². The van der Waals surface area contributed by atoms with Gasteiger partial charge in [-0.25, -0.2) is 4.39 Å². The van der Waals surface area contributed by atoms with Crippen molar-refractivity contribution in [2.24, 2.45) is 5.92 Å². The molecule has 1 fully saturated rings. The summed E-state index contributed by atoms with van der Waals surface area (Å²) in [6, 6.07) is 12.0. The molecule has 3 rings (SSSR count). The molecule has 2 aromatic carbocycles. The Labute approximate surface area is 153 Å². The Hall–Kier alpha value is -2.64. The third kappa shape index (κ3) is 4.93. The quantitative estimate of drug-likeness (QED) is 0.857. The van der Waals surface area contributed by atoms with Crippen LogP contribution in [-0.4, -0.2) is 25.7 Å². The van der Waals surface area contributed by atoms with Crippen LogP contribution in [0.4, 0.5) is 4.39 Å². The first-order valence-electron chi connectivity index (χ1n) is 8.86. The number of aryl methyl sites for hydroxylation is 1. The Balaban J connectivity index is 1.59. The van der Waals surface area contributed by atoms with Crippen LogP contribution in [-0.2, 0) is 4.74 Å². The number of amides is 1. The molecule has 0 spiro atoms. The fourth-order valence-corrected chi connectivity index (χ4v) is 2.86. The van der Waals surface area contributed by atoms with Gasteiger partial charge in [0.1, 0.15) is 5.82 Å². The van der Waals surface area contributed by atoms with Gasteiger partial charge < -0.3 is 10.1 Å². The van der Waals surface area contributed by atoms with Crippen molar-refractivity contribution in [3.05, 3.63) is 70.5 Å². The van der Waals surface area contributed by atoms with Gasteiger partial charge >= 0.3 is 0 Å². The van der Waals surface area contributed by atoms with Crippen LogP contribution in [0.2, 0.25) is 0 Å². The number of carbonyl (C=O) groups excluding carboxylic acids is 1. The number of benzene rings is 2. The summed E-state index contributed by atoms with van der Waals surface area (Å²) in [6.07, 6.45) is 1.98. The van der Waals surface area contributed by atoms with Crippen LogP contribution >= 0.6 is 0 Å². The lowest BCUT2D eigenvalue weighted by Gasteiger charge is -2.22. The Bertz CT molecular complexity index is 827. The molecule has 1 amide bonds. The molecule has 0 radical (unpaired) electrons. The van der Waals surface area contributed by atoms with Gasteiger partial charge in [-0.05, 0) is 67.6 Å². The van der Waals surface area contributed by atoms with Crippen LogP contribution in [0, 0.1) is 30.5 Å². The highest BCUT2D eigenvalue weighted by Crippen LogP contribution is 2.14. The molecular weight excluding hydrogens is 329 g/mol.